The molecule has 0 radical (unpaired) electrons. The predicted octanol–water partition coefficient (Wildman–Crippen LogP) is 3.43. The summed E-state index contributed by atoms with van der Waals surface area (Å²) in [4.78, 5) is 18.1. The molecule has 0 fully saturated rings. The molecule has 6 heteroatoms. The van der Waals surface area contributed by atoms with E-state index in [1.54, 1.807) is 19.1 Å². The zero-order valence-corrected chi connectivity index (χ0v) is 11.6. The maximum atomic E-state index is 10.7. The number of hydrogen-bond acceptors (Lipinski definition) is 4. The molecule has 21 heavy (non-hydrogen) atoms. The summed E-state index contributed by atoms with van der Waals surface area (Å²) in [7, 11) is 0. The summed E-state index contributed by atoms with van der Waals surface area (Å²) >= 11 is 0. The molecule has 104 valence electrons. The van der Waals surface area contributed by atoms with Crippen molar-refractivity contribution < 1.29 is 4.92 Å². The maximum absolute atomic E-state index is 10.7. The number of non-ortho nitro benzene ring substituents is 1. The molecule has 0 saturated heterocycles. The van der Waals surface area contributed by atoms with Crippen LogP contribution < -0.4 is 0 Å². The van der Waals surface area contributed by atoms with E-state index < -0.39 is 10.8 Å². The lowest BCUT2D eigenvalue weighted by atomic mass is 9.84. The summed E-state index contributed by atoms with van der Waals surface area (Å²) in [6, 6.07) is 8.09. The van der Waals surface area contributed by atoms with Gasteiger partial charge in [0.1, 0.15) is 0 Å². The summed E-state index contributed by atoms with van der Waals surface area (Å²) in [6.45, 7) is 10.9. The first kappa shape index (κ1) is 14.4. The third kappa shape index (κ3) is 2.52. The average Bonchev–Trinajstić information content (AvgIpc) is 2.47. The standard InChI is InChI=1S/C15H12N4O2/c1-9-13(8-16)10(2)18-15(14(9)17-3)11-4-6-12(7-5-11)19(20)21/h4-7,9,13H,1-2H3/t9-,13?/m1/s1. The van der Waals surface area contributed by atoms with Crippen molar-refractivity contribution in [3.05, 3.63) is 57.1 Å². The van der Waals surface area contributed by atoms with Crippen LogP contribution >= 0.6 is 0 Å². The summed E-state index contributed by atoms with van der Waals surface area (Å²) in [5.41, 5.74) is 2.21. The molecule has 0 amide bonds. The fourth-order valence-electron chi connectivity index (χ4n) is 2.35. The van der Waals surface area contributed by atoms with Crippen LogP contribution in [0.3, 0.4) is 0 Å². The van der Waals surface area contributed by atoms with Crippen LogP contribution in [0.15, 0.2) is 35.0 Å². The van der Waals surface area contributed by atoms with Gasteiger partial charge in [0.2, 0.25) is 0 Å². The lowest BCUT2D eigenvalue weighted by Gasteiger charge is -2.24. The van der Waals surface area contributed by atoms with E-state index in [2.05, 4.69) is 15.9 Å². The molecule has 0 bridgehead atoms. The van der Waals surface area contributed by atoms with E-state index in [1.165, 1.54) is 12.1 Å². The quantitative estimate of drug-likeness (QED) is 0.472. The summed E-state index contributed by atoms with van der Waals surface area (Å²) in [6.07, 6.45) is 0. The molecule has 0 aromatic heterocycles. The van der Waals surface area contributed by atoms with Crippen molar-refractivity contribution in [1.82, 2.24) is 0 Å². The van der Waals surface area contributed by atoms with Crippen molar-refractivity contribution in [2.24, 2.45) is 16.8 Å². The Labute approximate surface area is 122 Å². The second kappa shape index (κ2) is 5.56. The summed E-state index contributed by atoms with van der Waals surface area (Å²) < 4.78 is 0. The number of nitro benzene ring substituents is 1. The molecule has 0 saturated carbocycles. The molecule has 6 nitrogen and oxygen atoms in total. The van der Waals surface area contributed by atoms with Crippen LogP contribution in [0.1, 0.15) is 19.4 Å². The Hall–Kier alpha value is -2.99. The van der Waals surface area contributed by atoms with Gasteiger partial charge in [0.25, 0.3) is 5.69 Å². The van der Waals surface area contributed by atoms with E-state index in [4.69, 9.17) is 11.8 Å². The summed E-state index contributed by atoms with van der Waals surface area (Å²) in [5.74, 6) is -0.647. The lowest BCUT2D eigenvalue weighted by Crippen LogP contribution is -2.23. The van der Waals surface area contributed by atoms with Crippen molar-refractivity contribution in [2.75, 3.05) is 0 Å². The van der Waals surface area contributed by atoms with Crippen LogP contribution in [0.4, 0.5) is 5.69 Å². The minimum Gasteiger partial charge on any atom is -0.268 e. The highest BCUT2D eigenvalue weighted by Crippen LogP contribution is 2.36. The van der Waals surface area contributed by atoms with E-state index in [0.29, 0.717) is 22.7 Å². The Morgan fingerprint density at radius 3 is 2.52 bits per heavy atom. The largest absolute Gasteiger partial charge is 0.269 e. The molecule has 2 rings (SSSR count). The van der Waals surface area contributed by atoms with Crippen LogP contribution in [0.2, 0.25) is 0 Å². The highest BCUT2D eigenvalue weighted by Gasteiger charge is 2.31. The first-order valence-corrected chi connectivity index (χ1v) is 6.30. The number of nitro groups is 1. The second-order valence-corrected chi connectivity index (χ2v) is 4.80. The van der Waals surface area contributed by atoms with E-state index in [0.717, 1.165) is 0 Å². The van der Waals surface area contributed by atoms with Gasteiger partial charge in [-0.2, -0.15) is 5.26 Å². The number of allylic oxidation sites excluding steroid dienone is 1. The third-order valence-corrected chi connectivity index (χ3v) is 3.52. The molecular weight excluding hydrogens is 268 g/mol. The van der Waals surface area contributed by atoms with Gasteiger partial charge in [-0.1, -0.05) is 6.92 Å². The number of hydrogen-bond donors (Lipinski definition) is 0. The number of nitriles is 1. The van der Waals surface area contributed by atoms with Gasteiger partial charge in [-0.3, -0.25) is 15.1 Å². The molecule has 1 aliphatic heterocycles. The summed E-state index contributed by atoms with van der Waals surface area (Å²) in [5, 5.41) is 19.8. The Morgan fingerprint density at radius 1 is 1.43 bits per heavy atom. The molecule has 1 unspecified atom stereocenters. The maximum Gasteiger partial charge on any atom is 0.269 e. The van der Waals surface area contributed by atoms with Gasteiger partial charge in [-0.05, 0) is 24.6 Å². The van der Waals surface area contributed by atoms with Crippen molar-refractivity contribution in [1.29, 1.82) is 5.26 Å². The molecule has 0 aliphatic carbocycles. The smallest absolute Gasteiger partial charge is 0.268 e. The van der Waals surface area contributed by atoms with Crippen molar-refractivity contribution in [3.8, 4) is 6.07 Å². The molecule has 0 N–H and O–H groups in total. The van der Waals surface area contributed by atoms with Crippen LogP contribution in [-0.2, 0) is 0 Å². The molecule has 1 aliphatic rings. The Balaban J connectivity index is 2.54. The highest BCUT2D eigenvalue weighted by atomic mass is 16.6. The fourth-order valence-corrected chi connectivity index (χ4v) is 2.35. The molecule has 2 atom stereocenters. The fraction of sp³-hybridized carbons (Fsp3) is 0.267. The van der Waals surface area contributed by atoms with Gasteiger partial charge in [-0.15, -0.1) is 0 Å². The minimum absolute atomic E-state index is 0.0110. The van der Waals surface area contributed by atoms with Gasteiger partial charge in [0.05, 0.1) is 29.2 Å². The topological polar surface area (TPSA) is 83.7 Å². The van der Waals surface area contributed by atoms with Gasteiger partial charge in [0.15, 0.2) is 5.70 Å². The van der Waals surface area contributed by atoms with Gasteiger partial charge in [0, 0.05) is 23.8 Å². The van der Waals surface area contributed by atoms with Crippen molar-refractivity contribution >= 4 is 17.1 Å². The number of aliphatic imine (C=N–C) groups is 1. The number of rotatable bonds is 2. The predicted molar refractivity (Wildman–Crippen MR) is 78.0 cm³/mol. The van der Waals surface area contributed by atoms with E-state index >= 15 is 0 Å². The molecule has 0 spiro atoms. The highest BCUT2D eigenvalue weighted by molar-refractivity contribution is 5.95. The number of benzene rings is 1. The number of nitrogens with zero attached hydrogens (tertiary/aromatic N) is 4. The van der Waals surface area contributed by atoms with Crippen molar-refractivity contribution in [3.63, 3.8) is 0 Å². The third-order valence-electron chi connectivity index (χ3n) is 3.52. The SMILES string of the molecule is [C-]#[N+]C1=C(c2ccc([N+](=O)[O-])cc2)N=C(C)C(C#N)[C@H]1C. The Bertz CT molecular complexity index is 732. The normalized spacial score (nSPS) is 21.2. The first-order valence-electron chi connectivity index (χ1n) is 6.30. The van der Waals surface area contributed by atoms with E-state index in [-0.39, 0.29) is 11.6 Å². The molecule has 1 aromatic carbocycles. The van der Waals surface area contributed by atoms with Gasteiger partial charge in [-0.25, -0.2) is 4.85 Å². The van der Waals surface area contributed by atoms with Crippen LogP contribution in [0.5, 0.6) is 0 Å². The first-order chi connectivity index (χ1) is 9.99. The molecular formula is C15H12N4O2. The lowest BCUT2D eigenvalue weighted by molar-refractivity contribution is -0.384. The molecule has 1 heterocycles. The average molecular weight is 280 g/mol. The Morgan fingerprint density at radius 2 is 2.05 bits per heavy atom. The van der Waals surface area contributed by atoms with Gasteiger partial charge < -0.3 is 0 Å². The monoisotopic (exact) mass is 280 g/mol. The zero-order chi connectivity index (χ0) is 15.6. The second-order valence-electron chi connectivity index (χ2n) is 4.80. The van der Waals surface area contributed by atoms with E-state index in [1.807, 2.05) is 6.92 Å². The van der Waals surface area contributed by atoms with Crippen LogP contribution in [0.25, 0.3) is 10.5 Å². The van der Waals surface area contributed by atoms with Gasteiger partial charge >= 0.3 is 0 Å². The van der Waals surface area contributed by atoms with Crippen LogP contribution in [0, 0.1) is 39.9 Å². The van der Waals surface area contributed by atoms with Crippen LogP contribution in [-0.4, -0.2) is 10.6 Å². The zero-order valence-electron chi connectivity index (χ0n) is 11.6. The Kier molecular flexibility index (Phi) is 3.82. The molecule has 1 aromatic rings. The minimum atomic E-state index is -0.475. The van der Waals surface area contributed by atoms with E-state index in [9.17, 15) is 10.1 Å². The van der Waals surface area contributed by atoms with Crippen molar-refractivity contribution in [2.45, 2.75) is 13.8 Å².